The van der Waals surface area contributed by atoms with Crippen LogP contribution in [0.3, 0.4) is 0 Å². The zero-order valence-electron chi connectivity index (χ0n) is 22.2. The molecule has 4 aromatic rings. The summed E-state index contributed by atoms with van der Waals surface area (Å²) in [4.78, 5) is 15.2. The van der Waals surface area contributed by atoms with Crippen LogP contribution in [-0.4, -0.2) is 57.6 Å². The van der Waals surface area contributed by atoms with E-state index in [1.807, 2.05) is 75.2 Å². The molecule has 38 heavy (non-hydrogen) atoms. The van der Waals surface area contributed by atoms with Gasteiger partial charge in [-0.2, -0.15) is 10.2 Å². The lowest BCUT2D eigenvalue weighted by Gasteiger charge is -2.18. The van der Waals surface area contributed by atoms with Gasteiger partial charge in [0.15, 0.2) is 11.6 Å². The molecule has 4 rings (SSSR count). The Morgan fingerprint density at radius 3 is 2.61 bits per heavy atom. The smallest absolute Gasteiger partial charge is 0.256 e. The summed E-state index contributed by atoms with van der Waals surface area (Å²) in [5.74, 6) is -1.19. The van der Waals surface area contributed by atoms with Crippen LogP contribution in [0, 0.1) is 5.82 Å². The van der Waals surface area contributed by atoms with Crippen molar-refractivity contribution in [3.63, 3.8) is 0 Å². The van der Waals surface area contributed by atoms with Gasteiger partial charge < -0.3 is 15.0 Å². The summed E-state index contributed by atoms with van der Waals surface area (Å²) in [5, 5.41) is 11.9. The highest BCUT2D eigenvalue weighted by Gasteiger charge is 2.22. The number of benzene rings is 2. The van der Waals surface area contributed by atoms with Crippen LogP contribution in [0.2, 0.25) is 0 Å². The van der Waals surface area contributed by atoms with Crippen molar-refractivity contribution in [1.29, 1.82) is 0 Å². The maximum atomic E-state index is 15.3. The summed E-state index contributed by atoms with van der Waals surface area (Å²) < 4.78 is 24.9. The number of hydrogen-bond acceptors (Lipinski definition) is 5. The van der Waals surface area contributed by atoms with Crippen molar-refractivity contribution >= 4 is 21.8 Å². The number of carbonyl (C=O) groups is 1. The van der Waals surface area contributed by atoms with Crippen LogP contribution < -0.4 is 10.1 Å². The number of aromatic nitrogens is 4. The fourth-order valence-electron chi connectivity index (χ4n) is 4.02. The van der Waals surface area contributed by atoms with Crippen molar-refractivity contribution in [3.8, 4) is 28.1 Å². The van der Waals surface area contributed by atoms with E-state index in [0.29, 0.717) is 17.6 Å². The number of aryl methyl sites for hydroxylation is 2. The van der Waals surface area contributed by atoms with E-state index < -0.39 is 17.8 Å². The van der Waals surface area contributed by atoms with Crippen LogP contribution in [0.4, 0.5) is 4.39 Å². The van der Waals surface area contributed by atoms with Crippen molar-refractivity contribution < 1.29 is 13.9 Å². The first-order valence-electron chi connectivity index (χ1n) is 12.4. The average Bonchev–Trinajstić information content (AvgIpc) is 3.54. The van der Waals surface area contributed by atoms with Crippen molar-refractivity contribution in [2.45, 2.75) is 26.4 Å². The number of hydrogen-bond donors (Lipinski definition) is 1. The number of likely N-dealkylation sites (N-methyl/N-ethyl adjacent to an activating group) is 1. The van der Waals surface area contributed by atoms with Gasteiger partial charge in [-0.25, -0.2) is 4.39 Å². The van der Waals surface area contributed by atoms with Gasteiger partial charge >= 0.3 is 0 Å². The Morgan fingerprint density at radius 2 is 1.95 bits per heavy atom. The molecule has 1 N–H and O–H groups in total. The van der Waals surface area contributed by atoms with E-state index in [4.69, 9.17) is 4.74 Å². The fraction of sp³-hybridized carbons (Fsp3) is 0.321. The molecule has 2 aromatic heterocycles. The predicted molar refractivity (Wildman–Crippen MR) is 150 cm³/mol. The van der Waals surface area contributed by atoms with Crippen LogP contribution in [-0.2, 0) is 13.6 Å². The molecule has 10 heteroatoms. The first-order chi connectivity index (χ1) is 18.2. The van der Waals surface area contributed by atoms with Crippen LogP contribution in [0.5, 0.6) is 5.75 Å². The van der Waals surface area contributed by atoms with E-state index in [1.54, 1.807) is 16.9 Å². The molecule has 200 valence electrons. The Balaban J connectivity index is 1.64. The maximum Gasteiger partial charge on any atom is 0.256 e. The Labute approximate surface area is 230 Å². The zero-order chi connectivity index (χ0) is 27.4. The highest BCUT2D eigenvalue weighted by Crippen LogP contribution is 2.31. The van der Waals surface area contributed by atoms with Gasteiger partial charge in [-0.05, 0) is 91.4 Å². The van der Waals surface area contributed by atoms with Crippen molar-refractivity contribution in [3.05, 3.63) is 76.4 Å². The van der Waals surface area contributed by atoms with Crippen LogP contribution >= 0.6 is 15.9 Å². The molecular formula is C28H32BrFN6O2. The Hall–Kier alpha value is -3.50. The minimum atomic E-state index is -0.697. The summed E-state index contributed by atoms with van der Waals surface area (Å²) in [6, 6.07) is 10.8. The first-order valence-corrected chi connectivity index (χ1v) is 13.2. The normalized spacial score (nSPS) is 12.1. The molecule has 0 saturated carbocycles. The molecule has 1 atom stereocenters. The molecule has 0 bridgehead atoms. The lowest BCUT2D eigenvalue weighted by Crippen LogP contribution is -2.28. The van der Waals surface area contributed by atoms with E-state index in [1.165, 1.54) is 6.07 Å². The third kappa shape index (κ3) is 6.31. The van der Waals surface area contributed by atoms with Gasteiger partial charge in [-0.15, -0.1) is 0 Å². The molecule has 0 spiro atoms. The van der Waals surface area contributed by atoms with E-state index in [0.717, 1.165) is 34.5 Å². The number of halogens is 2. The number of ether oxygens (including phenoxy) is 1. The average molecular weight is 584 g/mol. The highest BCUT2D eigenvalue weighted by atomic mass is 79.9. The van der Waals surface area contributed by atoms with Crippen LogP contribution in [0.25, 0.3) is 22.4 Å². The van der Waals surface area contributed by atoms with E-state index >= 15 is 4.39 Å². The molecule has 2 aromatic carbocycles. The van der Waals surface area contributed by atoms with Gasteiger partial charge in [0.1, 0.15) is 6.61 Å². The summed E-state index contributed by atoms with van der Waals surface area (Å²) in [6.45, 7) is 5.60. The van der Waals surface area contributed by atoms with Gasteiger partial charge in [0, 0.05) is 48.1 Å². The molecule has 0 fully saturated rings. The molecule has 0 radical (unpaired) electrons. The topological polar surface area (TPSA) is 77.2 Å². The number of nitrogens with zero attached hydrogens (tertiary/aromatic N) is 5. The summed E-state index contributed by atoms with van der Waals surface area (Å²) in [6.07, 6.45) is 5.67. The SMILES string of the molecule is CCn1ccc(-c2cc(-c3cnn(C)c3)cc([C@@H](C)NC(=O)c3c(Br)ccc(OCCN(C)C)c3F)c2)n1. The molecule has 2 heterocycles. The molecule has 0 aliphatic heterocycles. The Morgan fingerprint density at radius 1 is 1.18 bits per heavy atom. The first kappa shape index (κ1) is 27.5. The lowest BCUT2D eigenvalue weighted by atomic mass is 9.97. The van der Waals surface area contributed by atoms with Gasteiger partial charge in [-0.3, -0.25) is 14.2 Å². The van der Waals surface area contributed by atoms with Crippen molar-refractivity contribution in [2.75, 3.05) is 27.2 Å². The third-order valence-electron chi connectivity index (χ3n) is 6.18. The van der Waals surface area contributed by atoms with E-state index in [-0.39, 0.29) is 11.3 Å². The molecule has 0 aliphatic carbocycles. The van der Waals surface area contributed by atoms with Gasteiger partial charge in [0.25, 0.3) is 5.91 Å². The number of rotatable bonds is 10. The van der Waals surface area contributed by atoms with Gasteiger partial charge in [0.05, 0.1) is 23.5 Å². The third-order valence-corrected chi connectivity index (χ3v) is 6.84. The quantitative estimate of drug-likeness (QED) is 0.274. The lowest BCUT2D eigenvalue weighted by molar-refractivity contribution is 0.0933. The molecule has 1 amide bonds. The standard InChI is InChI=1S/C28H32BrFN6O2/c1-6-36-10-9-24(33-36)21-14-19(13-20(15-21)22-16-31-35(5)17-22)18(2)32-28(37)26-23(29)7-8-25(27(26)30)38-12-11-34(3)4/h7-10,13-18H,6,11-12H2,1-5H3,(H,32,37)/t18-/m1/s1. The molecule has 0 unspecified atom stereocenters. The second-order valence-corrected chi connectivity index (χ2v) is 10.2. The minimum Gasteiger partial charge on any atom is -0.489 e. The molecule has 0 saturated heterocycles. The summed E-state index contributed by atoms with van der Waals surface area (Å²) in [7, 11) is 5.68. The van der Waals surface area contributed by atoms with E-state index in [9.17, 15) is 4.79 Å². The van der Waals surface area contributed by atoms with E-state index in [2.05, 4.69) is 37.5 Å². The Kier molecular flexibility index (Phi) is 8.63. The second-order valence-electron chi connectivity index (χ2n) is 9.38. The molecule has 8 nitrogen and oxygen atoms in total. The zero-order valence-corrected chi connectivity index (χ0v) is 23.8. The predicted octanol–water partition coefficient (Wildman–Crippen LogP) is 5.30. The summed E-state index contributed by atoms with van der Waals surface area (Å²) >= 11 is 3.33. The second kappa shape index (κ2) is 11.9. The van der Waals surface area contributed by atoms with Crippen LogP contribution in [0.1, 0.15) is 35.8 Å². The van der Waals surface area contributed by atoms with Gasteiger partial charge in [0.2, 0.25) is 0 Å². The van der Waals surface area contributed by atoms with Gasteiger partial charge in [-0.1, -0.05) is 0 Å². The van der Waals surface area contributed by atoms with Crippen molar-refractivity contribution in [1.82, 2.24) is 29.8 Å². The number of nitrogens with one attached hydrogen (secondary N) is 1. The largest absolute Gasteiger partial charge is 0.489 e. The number of carbonyl (C=O) groups excluding carboxylic acids is 1. The molecule has 0 aliphatic rings. The van der Waals surface area contributed by atoms with Crippen LogP contribution in [0.15, 0.2) is 59.5 Å². The highest BCUT2D eigenvalue weighted by molar-refractivity contribution is 9.10. The minimum absolute atomic E-state index is 0.0419. The fourth-order valence-corrected chi connectivity index (χ4v) is 4.51. The number of amides is 1. The van der Waals surface area contributed by atoms with Crippen molar-refractivity contribution in [2.24, 2.45) is 7.05 Å². The Bertz CT molecular complexity index is 1430. The summed E-state index contributed by atoms with van der Waals surface area (Å²) in [5.41, 5.74) is 4.40. The maximum absolute atomic E-state index is 15.3. The molecular weight excluding hydrogens is 551 g/mol. The monoisotopic (exact) mass is 582 g/mol.